The van der Waals surface area contributed by atoms with Crippen LogP contribution in [0.15, 0.2) is 24.3 Å². The largest absolute Gasteiger partial charge is 0.486 e. The number of likely N-dealkylation sites (N-methyl/N-ethyl adjacent to an activating group) is 1. The fourth-order valence-corrected chi connectivity index (χ4v) is 4.00. The molecule has 0 bridgehead atoms. The number of nitrogens with zero attached hydrogens (tertiary/aromatic N) is 2. The van der Waals surface area contributed by atoms with Crippen LogP contribution in [0.5, 0.6) is 5.75 Å². The average Bonchev–Trinajstić information content (AvgIpc) is 3.01. The van der Waals surface area contributed by atoms with Crippen LogP contribution in [0, 0.1) is 6.92 Å². The molecule has 2 aromatic rings. The molecule has 1 amide bonds. The van der Waals surface area contributed by atoms with E-state index in [4.69, 9.17) is 16.3 Å². The van der Waals surface area contributed by atoms with Crippen LogP contribution in [0.4, 0.5) is 0 Å². The maximum absolute atomic E-state index is 12.8. The van der Waals surface area contributed by atoms with Gasteiger partial charge >= 0.3 is 0 Å². The van der Waals surface area contributed by atoms with E-state index in [0.717, 1.165) is 42.4 Å². The molecular formula is C18H22ClN3O2S. The van der Waals surface area contributed by atoms with Crippen molar-refractivity contribution in [2.24, 2.45) is 0 Å². The number of rotatable bonds is 5. The Morgan fingerprint density at radius 1 is 1.44 bits per heavy atom. The molecule has 25 heavy (non-hydrogen) atoms. The zero-order chi connectivity index (χ0) is 17.8. The quantitative estimate of drug-likeness (QED) is 0.863. The number of likely N-dealkylation sites (tertiary alicyclic amines) is 1. The first-order valence-electron chi connectivity index (χ1n) is 8.38. The molecule has 1 unspecified atom stereocenters. The minimum atomic E-state index is 0.0766. The van der Waals surface area contributed by atoms with Gasteiger partial charge in [0.1, 0.15) is 22.2 Å². The first kappa shape index (κ1) is 18.2. The summed E-state index contributed by atoms with van der Waals surface area (Å²) in [5, 5.41) is 4.74. The third-order valence-corrected chi connectivity index (χ3v) is 5.70. The zero-order valence-corrected chi connectivity index (χ0v) is 16.0. The van der Waals surface area contributed by atoms with Gasteiger partial charge in [0, 0.05) is 24.2 Å². The normalized spacial score (nSPS) is 17.6. The molecule has 0 aliphatic carbocycles. The highest BCUT2D eigenvalue weighted by molar-refractivity contribution is 7.13. The van der Waals surface area contributed by atoms with Crippen LogP contribution >= 0.6 is 22.9 Å². The zero-order valence-electron chi connectivity index (χ0n) is 14.4. The smallest absolute Gasteiger partial charge is 0.265 e. The summed E-state index contributed by atoms with van der Waals surface area (Å²) in [5.74, 6) is 0.811. The number of piperidine rings is 1. The summed E-state index contributed by atoms with van der Waals surface area (Å²) >= 11 is 7.29. The Morgan fingerprint density at radius 2 is 2.20 bits per heavy atom. The van der Waals surface area contributed by atoms with Crippen molar-refractivity contribution in [2.75, 3.05) is 20.1 Å². The topological polar surface area (TPSA) is 54.5 Å². The number of amides is 1. The molecule has 1 N–H and O–H groups in total. The molecule has 1 aliphatic rings. The van der Waals surface area contributed by atoms with E-state index in [1.54, 1.807) is 12.1 Å². The predicted molar refractivity (Wildman–Crippen MR) is 101 cm³/mol. The lowest BCUT2D eigenvalue weighted by atomic mass is 10.1. The van der Waals surface area contributed by atoms with Crippen molar-refractivity contribution in [3.8, 4) is 5.75 Å². The maximum atomic E-state index is 12.8. The molecule has 134 valence electrons. The highest BCUT2D eigenvalue weighted by Gasteiger charge is 2.26. The second kappa shape index (κ2) is 8.17. The van der Waals surface area contributed by atoms with Gasteiger partial charge in [-0.25, -0.2) is 4.98 Å². The van der Waals surface area contributed by atoms with Gasteiger partial charge in [-0.15, -0.1) is 11.3 Å². The van der Waals surface area contributed by atoms with Gasteiger partial charge < -0.3 is 15.0 Å². The molecule has 1 aliphatic heterocycles. The maximum Gasteiger partial charge on any atom is 0.265 e. The van der Waals surface area contributed by atoms with Crippen LogP contribution in [0.3, 0.4) is 0 Å². The van der Waals surface area contributed by atoms with E-state index >= 15 is 0 Å². The van der Waals surface area contributed by atoms with Crippen molar-refractivity contribution >= 4 is 28.8 Å². The van der Waals surface area contributed by atoms with Crippen LogP contribution in [-0.4, -0.2) is 42.0 Å². The van der Waals surface area contributed by atoms with Crippen LogP contribution in [0.1, 0.15) is 33.2 Å². The highest BCUT2D eigenvalue weighted by Crippen LogP contribution is 2.24. The molecule has 2 heterocycles. The van der Waals surface area contributed by atoms with Crippen molar-refractivity contribution in [2.45, 2.75) is 32.4 Å². The average molecular weight is 380 g/mol. The van der Waals surface area contributed by atoms with Gasteiger partial charge in [-0.3, -0.25) is 4.79 Å². The Morgan fingerprint density at radius 3 is 2.92 bits per heavy atom. The van der Waals surface area contributed by atoms with Crippen LogP contribution in [0.2, 0.25) is 5.02 Å². The number of carbonyl (C=O) groups is 1. The first-order chi connectivity index (χ1) is 12.1. The van der Waals surface area contributed by atoms with Crippen molar-refractivity contribution in [1.82, 2.24) is 15.2 Å². The van der Waals surface area contributed by atoms with E-state index in [-0.39, 0.29) is 5.91 Å². The van der Waals surface area contributed by atoms with Crippen molar-refractivity contribution in [1.29, 1.82) is 0 Å². The summed E-state index contributed by atoms with van der Waals surface area (Å²) < 4.78 is 5.73. The fourth-order valence-electron chi connectivity index (χ4n) is 2.93. The Kier molecular flexibility index (Phi) is 5.93. The van der Waals surface area contributed by atoms with Crippen molar-refractivity contribution in [3.05, 3.63) is 44.9 Å². The summed E-state index contributed by atoms with van der Waals surface area (Å²) in [5.41, 5.74) is 0.774. The van der Waals surface area contributed by atoms with Gasteiger partial charge in [-0.2, -0.15) is 0 Å². The second-order valence-electron chi connectivity index (χ2n) is 6.14. The monoisotopic (exact) mass is 379 g/mol. The molecule has 0 spiro atoms. The summed E-state index contributed by atoms with van der Waals surface area (Å²) in [4.78, 5) is 20.0. The summed E-state index contributed by atoms with van der Waals surface area (Å²) in [6.45, 7) is 3.79. The minimum Gasteiger partial charge on any atom is -0.486 e. The van der Waals surface area contributed by atoms with Gasteiger partial charge in [0.25, 0.3) is 5.91 Å². The molecule has 5 nitrogen and oxygen atoms in total. The van der Waals surface area contributed by atoms with E-state index in [1.807, 2.05) is 31.0 Å². The van der Waals surface area contributed by atoms with Gasteiger partial charge in [0.15, 0.2) is 0 Å². The third-order valence-electron chi connectivity index (χ3n) is 4.33. The van der Waals surface area contributed by atoms with E-state index < -0.39 is 0 Å². The molecule has 1 aromatic carbocycles. The van der Waals surface area contributed by atoms with Gasteiger partial charge in [0.05, 0.1) is 5.69 Å². The Hall–Kier alpha value is -1.63. The summed E-state index contributed by atoms with van der Waals surface area (Å²) in [6, 6.07) is 7.58. The number of hydrogen-bond acceptors (Lipinski definition) is 5. The summed E-state index contributed by atoms with van der Waals surface area (Å²) in [6.07, 6.45) is 2.14. The van der Waals surface area contributed by atoms with E-state index in [2.05, 4.69) is 10.3 Å². The molecular weight excluding hydrogens is 358 g/mol. The fraction of sp³-hybridized carbons (Fsp3) is 0.444. The van der Waals surface area contributed by atoms with Gasteiger partial charge in [0.2, 0.25) is 0 Å². The van der Waals surface area contributed by atoms with Crippen LogP contribution < -0.4 is 10.1 Å². The summed E-state index contributed by atoms with van der Waals surface area (Å²) in [7, 11) is 1.95. The number of aromatic nitrogens is 1. The molecule has 3 rings (SSSR count). The lowest BCUT2D eigenvalue weighted by Gasteiger charge is -2.32. The molecule has 0 saturated carbocycles. The molecule has 1 atom stereocenters. The van der Waals surface area contributed by atoms with Gasteiger partial charge in [-0.1, -0.05) is 11.6 Å². The SMILES string of the molecule is CNC1CCCN(C(=O)c2sc(COc3ccc(Cl)cc3)nc2C)C1. The van der Waals surface area contributed by atoms with Crippen LogP contribution in [-0.2, 0) is 6.61 Å². The number of carbonyl (C=O) groups excluding carboxylic acids is 1. The molecule has 7 heteroatoms. The van der Waals surface area contributed by atoms with E-state index in [9.17, 15) is 4.79 Å². The lowest BCUT2D eigenvalue weighted by molar-refractivity contribution is 0.0702. The Bertz CT molecular complexity index is 732. The van der Waals surface area contributed by atoms with E-state index in [1.165, 1.54) is 11.3 Å². The first-order valence-corrected chi connectivity index (χ1v) is 9.57. The number of hydrogen-bond donors (Lipinski definition) is 1. The number of benzene rings is 1. The Labute approximate surface area is 157 Å². The molecule has 1 fully saturated rings. The predicted octanol–water partition coefficient (Wildman–Crippen LogP) is 3.51. The minimum absolute atomic E-state index is 0.0766. The molecule has 1 saturated heterocycles. The number of nitrogens with one attached hydrogen (secondary N) is 1. The number of ether oxygens (including phenoxy) is 1. The van der Waals surface area contributed by atoms with Crippen LogP contribution in [0.25, 0.3) is 0 Å². The second-order valence-corrected chi connectivity index (χ2v) is 7.66. The van der Waals surface area contributed by atoms with E-state index in [0.29, 0.717) is 22.5 Å². The Balaban J connectivity index is 1.65. The molecule has 0 radical (unpaired) electrons. The number of thiazole rings is 1. The number of halogens is 1. The third kappa shape index (κ3) is 4.51. The highest BCUT2D eigenvalue weighted by atomic mass is 35.5. The standard InChI is InChI=1S/C18H22ClN3O2S/c1-12-17(18(23)22-9-3-4-14(10-22)20-2)25-16(21-12)11-24-15-7-5-13(19)6-8-15/h5-8,14,20H,3-4,9-11H2,1-2H3. The number of aryl methyl sites for hydroxylation is 1. The van der Waals surface area contributed by atoms with Gasteiger partial charge in [-0.05, 0) is 51.1 Å². The van der Waals surface area contributed by atoms with Crippen molar-refractivity contribution < 1.29 is 9.53 Å². The molecule has 1 aromatic heterocycles. The lowest BCUT2D eigenvalue weighted by Crippen LogP contribution is -2.46. The van der Waals surface area contributed by atoms with Crippen molar-refractivity contribution in [3.63, 3.8) is 0 Å².